The van der Waals surface area contributed by atoms with Crippen LogP contribution in [0.25, 0.3) is 0 Å². The monoisotopic (exact) mass is 508 g/mol. The van der Waals surface area contributed by atoms with Crippen molar-refractivity contribution >= 4 is 17.3 Å². The molecule has 6 heteroatoms. The molecular weight excluding hydrogens is 472 g/mol. The third kappa shape index (κ3) is 2.45. The lowest BCUT2D eigenvalue weighted by Gasteiger charge is -2.62. The summed E-state index contributed by atoms with van der Waals surface area (Å²) in [6.45, 7) is 9.93. The average molecular weight is 509 g/mol. The lowest BCUT2D eigenvalue weighted by atomic mass is 9.50. The number of carbonyl (C=O) groups excluding carboxylic acids is 1. The SMILES string of the molecule is C=CC=CCC(=O)N1CC[C@]23c4ccccc4N[C@H]4N(C)c5cccc6c5[C@]42CCN([C@H]6[C@H]2OC2(C)C)[C@@H]13. The van der Waals surface area contributed by atoms with Crippen LogP contribution in [0.4, 0.5) is 11.4 Å². The minimum absolute atomic E-state index is 0.0246. The number of carbonyl (C=O) groups is 1. The van der Waals surface area contributed by atoms with Crippen molar-refractivity contribution in [1.82, 2.24) is 9.80 Å². The highest BCUT2D eigenvalue weighted by molar-refractivity contribution is 5.82. The van der Waals surface area contributed by atoms with E-state index in [2.05, 4.69) is 90.0 Å². The topological polar surface area (TPSA) is 51.4 Å². The fourth-order valence-corrected chi connectivity index (χ4v) is 9.37. The summed E-state index contributed by atoms with van der Waals surface area (Å²) in [6, 6.07) is 15.9. The van der Waals surface area contributed by atoms with Crippen molar-refractivity contribution in [1.29, 1.82) is 0 Å². The summed E-state index contributed by atoms with van der Waals surface area (Å²) in [7, 11) is 2.25. The molecule has 7 atom stereocenters. The van der Waals surface area contributed by atoms with E-state index in [-0.39, 0.29) is 46.8 Å². The Hall–Kier alpha value is -3.09. The summed E-state index contributed by atoms with van der Waals surface area (Å²) in [5, 5.41) is 4.01. The second-order valence-electron chi connectivity index (χ2n) is 12.5. The van der Waals surface area contributed by atoms with E-state index in [1.54, 1.807) is 6.08 Å². The van der Waals surface area contributed by atoms with E-state index in [0.717, 1.165) is 25.9 Å². The van der Waals surface area contributed by atoms with Crippen LogP contribution in [0.15, 0.2) is 67.3 Å². The highest BCUT2D eigenvalue weighted by Crippen LogP contribution is 2.72. The number of para-hydroxylation sites is 1. The number of allylic oxidation sites excluding steroid dienone is 2. The summed E-state index contributed by atoms with van der Waals surface area (Å²) < 4.78 is 6.43. The number of piperidine rings is 1. The van der Waals surface area contributed by atoms with Crippen molar-refractivity contribution in [3.8, 4) is 0 Å². The van der Waals surface area contributed by atoms with Crippen molar-refractivity contribution < 1.29 is 9.53 Å². The predicted molar refractivity (Wildman–Crippen MR) is 149 cm³/mol. The van der Waals surface area contributed by atoms with Crippen molar-refractivity contribution in [2.75, 3.05) is 30.4 Å². The molecule has 1 amide bonds. The van der Waals surface area contributed by atoms with Gasteiger partial charge in [-0.25, -0.2) is 0 Å². The molecule has 196 valence electrons. The van der Waals surface area contributed by atoms with Gasteiger partial charge in [-0.2, -0.15) is 0 Å². The number of benzene rings is 2. The van der Waals surface area contributed by atoms with E-state index in [0.29, 0.717) is 6.42 Å². The van der Waals surface area contributed by atoms with Gasteiger partial charge < -0.3 is 19.9 Å². The third-order valence-corrected chi connectivity index (χ3v) is 10.7. The van der Waals surface area contributed by atoms with Crippen LogP contribution in [0.3, 0.4) is 0 Å². The molecule has 1 unspecified atom stereocenters. The van der Waals surface area contributed by atoms with Gasteiger partial charge in [0, 0.05) is 43.3 Å². The third-order valence-electron chi connectivity index (χ3n) is 10.7. The Bertz CT molecular complexity index is 1420. The molecule has 2 bridgehead atoms. The van der Waals surface area contributed by atoms with Gasteiger partial charge in [-0.05, 0) is 55.5 Å². The van der Waals surface area contributed by atoms with Crippen molar-refractivity contribution in [3.05, 3.63) is 84.0 Å². The van der Waals surface area contributed by atoms with E-state index < -0.39 is 0 Å². The van der Waals surface area contributed by atoms with Crippen LogP contribution in [0, 0.1) is 0 Å². The zero-order chi connectivity index (χ0) is 26.0. The Labute approximate surface area is 224 Å². The molecule has 0 aromatic heterocycles. The molecule has 0 radical (unpaired) electrons. The molecule has 3 fully saturated rings. The number of nitrogens with one attached hydrogen (secondary N) is 1. The average Bonchev–Trinajstić information content (AvgIpc) is 3.31. The van der Waals surface area contributed by atoms with Crippen LogP contribution >= 0.6 is 0 Å². The molecular formula is C32H36N4O2. The smallest absolute Gasteiger partial charge is 0.227 e. The maximum Gasteiger partial charge on any atom is 0.227 e. The highest BCUT2D eigenvalue weighted by atomic mass is 16.6. The number of likely N-dealkylation sites (tertiary alicyclic amines) is 1. The van der Waals surface area contributed by atoms with Crippen molar-refractivity contribution in [2.45, 2.75) is 74.0 Å². The second-order valence-corrected chi connectivity index (χ2v) is 12.5. The summed E-state index contributed by atoms with van der Waals surface area (Å²) in [4.78, 5) is 21.3. The number of rotatable bonds is 4. The van der Waals surface area contributed by atoms with Crippen LogP contribution in [-0.2, 0) is 20.4 Å². The Morgan fingerprint density at radius 1 is 1.13 bits per heavy atom. The van der Waals surface area contributed by atoms with E-state index >= 15 is 0 Å². The summed E-state index contributed by atoms with van der Waals surface area (Å²) in [5.74, 6) is 0.201. The van der Waals surface area contributed by atoms with E-state index in [9.17, 15) is 4.79 Å². The number of nitrogens with zero attached hydrogens (tertiary/aromatic N) is 3. The van der Waals surface area contributed by atoms with E-state index in [1.807, 2.05) is 12.2 Å². The number of hydrogen-bond acceptors (Lipinski definition) is 5. The molecule has 2 aromatic carbocycles. The van der Waals surface area contributed by atoms with Gasteiger partial charge in [0.15, 0.2) is 0 Å². The maximum atomic E-state index is 14.0. The predicted octanol–water partition coefficient (Wildman–Crippen LogP) is 4.69. The zero-order valence-corrected chi connectivity index (χ0v) is 22.5. The Morgan fingerprint density at radius 2 is 1.92 bits per heavy atom. The maximum absolute atomic E-state index is 14.0. The van der Waals surface area contributed by atoms with E-state index in [1.165, 1.54) is 28.1 Å². The standard InChI is InChI=1S/C32H36N4O2/c1-5-6-7-15-24(37)35-18-16-31-21-12-8-9-13-22(21)33-28-32(31)17-19-36(29(31)35)26(27-30(2,3)38-27)20-11-10-14-23(25(20)32)34(28)4/h5-14,26-29,33H,1,15-19H2,2-4H3/t26-,27-,28+,29-,31-,32-/m1/s1. The minimum atomic E-state index is -0.209. The van der Waals surface area contributed by atoms with Crippen molar-refractivity contribution in [2.24, 2.45) is 0 Å². The van der Waals surface area contributed by atoms with Crippen LogP contribution < -0.4 is 10.2 Å². The molecule has 38 heavy (non-hydrogen) atoms. The van der Waals surface area contributed by atoms with Crippen LogP contribution in [0.1, 0.15) is 55.8 Å². The normalized spacial score (nSPS) is 38.3. The van der Waals surface area contributed by atoms with Gasteiger partial charge in [-0.1, -0.05) is 55.1 Å². The number of epoxide rings is 1. The van der Waals surface area contributed by atoms with Crippen LogP contribution in [-0.4, -0.2) is 59.9 Å². The van der Waals surface area contributed by atoms with Gasteiger partial charge in [-0.15, -0.1) is 0 Å². The van der Waals surface area contributed by atoms with Crippen molar-refractivity contribution in [3.63, 3.8) is 0 Å². The summed E-state index contributed by atoms with van der Waals surface area (Å²) >= 11 is 0. The van der Waals surface area contributed by atoms with E-state index in [4.69, 9.17) is 4.74 Å². The molecule has 8 rings (SSSR count). The molecule has 2 spiro atoms. The molecule has 6 heterocycles. The molecule has 6 aliphatic heterocycles. The first-order valence-corrected chi connectivity index (χ1v) is 14.1. The molecule has 6 nitrogen and oxygen atoms in total. The lowest BCUT2D eigenvalue weighted by molar-refractivity contribution is -0.141. The highest BCUT2D eigenvalue weighted by Gasteiger charge is 2.77. The van der Waals surface area contributed by atoms with Gasteiger partial charge in [0.05, 0.1) is 23.2 Å². The minimum Gasteiger partial charge on any atom is -0.365 e. The van der Waals surface area contributed by atoms with Gasteiger partial charge in [0.25, 0.3) is 0 Å². The Kier molecular flexibility index (Phi) is 4.39. The molecule has 2 aromatic rings. The molecule has 6 aliphatic rings. The van der Waals surface area contributed by atoms with Crippen LogP contribution in [0.2, 0.25) is 0 Å². The Morgan fingerprint density at radius 3 is 2.71 bits per heavy atom. The van der Waals surface area contributed by atoms with Gasteiger partial charge in [0.2, 0.25) is 5.91 Å². The van der Waals surface area contributed by atoms with Gasteiger partial charge in [0.1, 0.15) is 12.3 Å². The first-order valence-electron chi connectivity index (χ1n) is 14.1. The fraction of sp³-hybridized carbons (Fsp3) is 0.469. The first-order chi connectivity index (χ1) is 18.4. The lowest BCUT2D eigenvalue weighted by Crippen LogP contribution is -2.73. The van der Waals surface area contributed by atoms with Crippen LogP contribution in [0.5, 0.6) is 0 Å². The number of hydrogen-bond donors (Lipinski definition) is 1. The first kappa shape index (κ1) is 22.9. The fourth-order valence-electron chi connectivity index (χ4n) is 9.37. The summed E-state index contributed by atoms with van der Waals surface area (Å²) in [6.07, 6.45) is 8.22. The van der Waals surface area contributed by atoms with Gasteiger partial charge in [-0.3, -0.25) is 9.69 Å². The number of amides is 1. The molecule has 0 aliphatic carbocycles. The quantitative estimate of drug-likeness (QED) is 0.480. The second kappa shape index (κ2) is 7.30. The number of ether oxygens (including phenoxy) is 1. The number of likely N-dealkylation sites (N-methyl/N-ethyl adjacent to an activating group) is 1. The number of anilines is 2. The van der Waals surface area contributed by atoms with Gasteiger partial charge >= 0.3 is 0 Å². The Balaban J connectivity index is 1.43. The molecule has 0 saturated carbocycles. The summed E-state index contributed by atoms with van der Waals surface area (Å²) in [5.41, 5.74) is 6.29. The zero-order valence-electron chi connectivity index (χ0n) is 22.5. The largest absolute Gasteiger partial charge is 0.365 e. The number of fused-ring (bicyclic) bond motifs is 1. The molecule has 1 N–H and O–H groups in total. The molecule has 3 saturated heterocycles.